The molecule has 1 aromatic heterocycles. The summed E-state index contributed by atoms with van der Waals surface area (Å²) in [5, 5.41) is 14.2. The van der Waals surface area contributed by atoms with E-state index in [1.54, 1.807) is 24.0 Å². The molecule has 0 fully saturated rings. The number of amides is 1. The quantitative estimate of drug-likeness (QED) is 0.671. The monoisotopic (exact) mass is 358 g/mol. The van der Waals surface area contributed by atoms with Crippen LogP contribution in [0.1, 0.15) is 36.1 Å². The number of aromatic nitrogens is 1. The third-order valence-corrected chi connectivity index (χ3v) is 4.58. The number of anilines is 1. The Morgan fingerprint density at radius 1 is 1.42 bits per heavy atom. The first-order valence-electron chi connectivity index (χ1n) is 8.26. The lowest BCUT2D eigenvalue weighted by atomic mass is 9.99. The van der Waals surface area contributed by atoms with Gasteiger partial charge in [-0.3, -0.25) is 14.9 Å². The van der Waals surface area contributed by atoms with Crippen LogP contribution in [0, 0.1) is 22.9 Å². The van der Waals surface area contributed by atoms with E-state index < -0.39 is 4.92 Å². The van der Waals surface area contributed by atoms with Crippen molar-refractivity contribution in [3.05, 3.63) is 63.1 Å². The smallest absolute Gasteiger partial charge is 0.290 e. The summed E-state index contributed by atoms with van der Waals surface area (Å²) in [6.07, 6.45) is 1.84. The summed E-state index contributed by atoms with van der Waals surface area (Å²) >= 11 is 0. The predicted octanol–water partition coefficient (Wildman–Crippen LogP) is 3.34. The van der Waals surface area contributed by atoms with Crippen molar-refractivity contribution in [1.29, 1.82) is 0 Å². The molecule has 1 N–H and O–H groups in total. The van der Waals surface area contributed by atoms with Crippen molar-refractivity contribution in [2.24, 2.45) is 0 Å². The highest BCUT2D eigenvalue weighted by atomic mass is 19.1. The molecule has 0 spiro atoms. The van der Waals surface area contributed by atoms with E-state index in [4.69, 9.17) is 0 Å². The van der Waals surface area contributed by atoms with E-state index in [2.05, 4.69) is 10.3 Å². The molecule has 1 aromatic carbocycles. The number of hydrogen-bond donors (Lipinski definition) is 1. The highest BCUT2D eigenvalue weighted by molar-refractivity contribution is 5.73. The molecule has 1 amide bonds. The van der Waals surface area contributed by atoms with Crippen LogP contribution < -0.4 is 5.32 Å². The molecule has 1 atom stereocenters. The Balaban J connectivity index is 1.92. The molecule has 136 valence electrons. The van der Waals surface area contributed by atoms with Gasteiger partial charge >= 0.3 is 0 Å². The number of nitrogens with zero attached hydrogens (tertiary/aromatic N) is 3. The third-order valence-electron chi connectivity index (χ3n) is 4.58. The van der Waals surface area contributed by atoms with Crippen LogP contribution in [0.4, 0.5) is 15.9 Å². The fraction of sp³-hybridized carbons (Fsp3) is 0.333. The van der Waals surface area contributed by atoms with Crippen LogP contribution in [0.2, 0.25) is 0 Å². The maximum absolute atomic E-state index is 13.7. The molecule has 8 heteroatoms. The number of aryl methyl sites for hydroxylation is 1. The van der Waals surface area contributed by atoms with Crippen LogP contribution in [0.15, 0.2) is 30.5 Å². The molecular formula is C18H19FN4O3. The fourth-order valence-corrected chi connectivity index (χ4v) is 3.19. The maximum atomic E-state index is 13.7. The second kappa shape index (κ2) is 7.07. The molecule has 0 saturated carbocycles. The lowest BCUT2D eigenvalue weighted by molar-refractivity contribution is -0.385. The van der Waals surface area contributed by atoms with Crippen LogP contribution in [-0.4, -0.2) is 27.3 Å². The summed E-state index contributed by atoms with van der Waals surface area (Å²) in [4.78, 5) is 28.1. The van der Waals surface area contributed by atoms with Crippen LogP contribution in [0.5, 0.6) is 0 Å². The van der Waals surface area contributed by atoms with Crippen LogP contribution in [0.3, 0.4) is 0 Å². The number of fused-ring (bicyclic) bond motifs is 1. The molecule has 2 heterocycles. The molecule has 0 aliphatic carbocycles. The Kier molecular flexibility index (Phi) is 4.83. The van der Waals surface area contributed by atoms with Crippen molar-refractivity contribution < 1.29 is 14.1 Å². The zero-order valence-electron chi connectivity index (χ0n) is 14.5. The number of halogens is 1. The molecule has 1 aliphatic heterocycles. The number of carbonyl (C=O) groups is 1. The second-order valence-electron chi connectivity index (χ2n) is 6.38. The topological polar surface area (TPSA) is 88.4 Å². The number of benzene rings is 1. The molecule has 3 rings (SSSR count). The third kappa shape index (κ3) is 3.63. The van der Waals surface area contributed by atoms with E-state index in [0.717, 1.165) is 11.1 Å². The van der Waals surface area contributed by atoms with E-state index in [9.17, 15) is 19.3 Å². The number of nitro groups is 1. The molecular weight excluding hydrogens is 339 g/mol. The molecule has 2 aromatic rings. The number of carbonyl (C=O) groups excluding carboxylic acids is 1. The van der Waals surface area contributed by atoms with E-state index in [1.807, 2.05) is 0 Å². The number of pyridine rings is 1. The highest BCUT2D eigenvalue weighted by Crippen LogP contribution is 2.31. The van der Waals surface area contributed by atoms with Crippen molar-refractivity contribution in [3.63, 3.8) is 0 Å². The molecule has 0 radical (unpaired) electrons. The zero-order valence-corrected chi connectivity index (χ0v) is 14.5. The largest absolute Gasteiger partial charge is 0.363 e. The Morgan fingerprint density at radius 3 is 2.85 bits per heavy atom. The highest BCUT2D eigenvalue weighted by Gasteiger charge is 2.24. The van der Waals surface area contributed by atoms with Gasteiger partial charge in [-0.05, 0) is 42.7 Å². The van der Waals surface area contributed by atoms with Gasteiger partial charge in [0.25, 0.3) is 5.69 Å². The van der Waals surface area contributed by atoms with Crippen molar-refractivity contribution in [3.8, 4) is 0 Å². The average Bonchev–Trinajstić information content (AvgIpc) is 2.74. The fourth-order valence-electron chi connectivity index (χ4n) is 3.19. The minimum atomic E-state index is -0.472. The van der Waals surface area contributed by atoms with E-state index in [1.165, 1.54) is 25.3 Å². The minimum Gasteiger partial charge on any atom is -0.363 e. The molecule has 0 bridgehead atoms. The van der Waals surface area contributed by atoms with Gasteiger partial charge in [-0.25, -0.2) is 9.37 Å². The predicted molar refractivity (Wildman–Crippen MR) is 94.1 cm³/mol. The maximum Gasteiger partial charge on any atom is 0.290 e. The minimum absolute atomic E-state index is 0.0401. The van der Waals surface area contributed by atoms with Crippen molar-refractivity contribution in [2.45, 2.75) is 32.9 Å². The Bertz CT molecular complexity index is 872. The van der Waals surface area contributed by atoms with Crippen molar-refractivity contribution >= 4 is 17.4 Å². The number of hydrogen-bond acceptors (Lipinski definition) is 5. The number of rotatable bonds is 3. The van der Waals surface area contributed by atoms with E-state index in [-0.39, 0.29) is 23.5 Å². The van der Waals surface area contributed by atoms with Gasteiger partial charge < -0.3 is 10.2 Å². The van der Waals surface area contributed by atoms with Gasteiger partial charge in [-0.1, -0.05) is 6.07 Å². The SMILES string of the molecule is CC(=O)N1CCC(Nc2cc(C)c([N+](=O)[O-])cn2)c2ccc(F)cc2C1. The Hall–Kier alpha value is -3.03. The van der Waals surface area contributed by atoms with Gasteiger partial charge in [-0.2, -0.15) is 0 Å². The summed E-state index contributed by atoms with van der Waals surface area (Å²) in [6, 6.07) is 5.99. The Morgan fingerprint density at radius 2 is 2.19 bits per heavy atom. The summed E-state index contributed by atoms with van der Waals surface area (Å²) < 4.78 is 13.7. The van der Waals surface area contributed by atoms with Crippen LogP contribution >= 0.6 is 0 Å². The standard InChI is InChI=1S/C18H19FN4O3/c1-11-7-18(20-9-17(11)23(25)26)21-16-5-6-22(12(2)24)10-13-8-14(19)3-4-15(13)16/h3-4,7-9,16H,5-6,10H2,1-2H3,(H,20,21). The van der Waals surface area contributed by atoms with E-state index >= 15 is 0 Å². The van der Waals surface area contributed by atoms with Crippen molar-refractivity contribution in [1.82, 2.24) is 9.88 Å². The summed E-state index contributed by atoms with van der Waals surface area (Å²) in [5.41, 5.74) is 2.11. The van der Waals surface area contributed by atoms with E-state index in [0.29, 0.717) is 30.9 Å². The van der Waals surface area contributed by atoms with Crippen LogP contribution in [0.25, 0.3) is 0 Å². The number of nitrogens with one attached hydrogen (secondary N) is 1. The zero-order chi connectivity index (χ0) is 18.8. The normalized spacial score (nSPS) is 16.6. The Labute approximate surface area is 150 Å². The van der Waals surface area contributed by atoms with Crippen LogP contribution in [-0.2, 0) is 11.3 Å². The molecule has 0 saturated heterocycles. The first-order valence-corrected chi connectivity index (χ1v) is 8.26. The first kappa shape index (κ1) is 17.8. The molecule has 7 nitrogen and oxygen atoms in total. The average molecular weight is 358 g/mol. The van der Waals surface area contributed by atoms with Gasteiger partial charge in [0.1, 0.15) is 17.8 Å². The van der Waals surface area contributed by atoms with Gasteiger partial charge in [0.15, 0.2) is 0 Å². The lowest BCUT2D eigenvalue weighted by Gasteiger charge is -2.20. The van der Waals surface area contributed by atoms with Gasteiger partial charge in [0.05, 0.1) is 11.0 Å². The van der Waals surface area contributed by atoms with Gasteiger partial charge in [0, 0.05) is 25.6 Å². The van der Waals surface area contributed by atoms with Gasteiger partial charge in [-0.15, -0.1) is 0 Å². The van der Waals surface area contributed by atoms with Gasteiger partial charge in [0.2, 0.25) is 5.91 Å². The second-order valence-corrected chi connectivity index (χ2v) is 6.38. The summed E-state index contributed by atoms with van der Waals surface area (Å²) in [5.74, 6) is 0.0898. The first-order chi connectivity index (χ1) is 12.3. The lowest BCUT2D eigenvalue weighted by Crippen LogP contribution is -2.28. The summed E-state index contributed by atoms with van der Waals surface area (Å²) in [7, 11) is 0. The van der Waals surface area contributed by atoms with Crippen molar-refractivity contribution in [2.75, 3.05) is 11.9 Å². The summed E-state index contributed by atoms with van der Waals surface area (Å²) in [6.45, 7) is 4.02. The molecule has 1 unspecified atom stereocenters. The molecule has 26 heavy (non-hydrogen) atoms. The molecule has 1 aliphatic rings.